The molecule has 128 valence electrons. The lowest BCUT2D eigenvalue weighted by Gasteiger charge is -2.28. The number of rotatable bonds is 2. The minimum Gasteiger partial charge on any atom is -0.497 e. The van der Waals surface area contributed by atoms with Crippen LogP contribution in [0.3, 0.4) is 0 Å². The van der Waals surface area contributed by atoms with Crippen LogP contribution in [-0.2, 0) is 9.47 Å². The highest BCUT2D eigenvalue weighted by molar-refractivity contribution is 6.09. The molecule has 1 aromatic carbocycles. The van der Waals surface area contributed by atoms with Crippen LogP contribution in [0, 0.1) is 0 Å². The highest BCUT2D eigenvalue weighted by Gasteiger charge is 2.32. The first-order valence-corrected chi connectivity index (χ1v) is 7.33. The van der Waals surface area contributed by atoms with Crippen LogP contribution in [0.2, 0.25) is 0 Å². The molecule has 0 unspecified atom stereocenters. The van der Waals surface area contributed by atoms with Crippen molar-refractivity contribution in [1.29, 1.82) is 0 Å². The molecule has 0 bridgehead atoms. The second-order valence-electron chi connectivity index (χ2n) is 7.00. The Morgan fingerprint density at radius 2 is 1.39 bits per heavy atom. The number of methoxy groups -OCH3 is 1. The summed E-state index contributed by atoms with van der Waals surface area (Å²) in [6.07, 6.45) is -1.61. The van der Waals surface area contributed by atoms with Gasteiger partial charge in [0, 0.05) is 6.07 Å². The van der Waals surface area contributed by atoms with Crippen molar-refractivity contribution in [2.45, 2.75) is 52.7 Å². The molecule has 0 radical (unpaired) electrons. The monoisotopic (exact) mass is 323 g/mol. The molecular formula is C17H25NO5. The first kappa shape index (κ1) is 18.8. The van der Waals surface area contributed by atoms with Crippen LogP contribution in [0.25, 0.3) is 0 Å². The largest absolute Gasteiger partial charge is 0.497 e. The summed E-state index contributed by atoms with van der Waals surface area (Å²) >= 11 is 0. The van der Waals surface area contributed by atoms with Gasteiger partial charge in [0.15, 0.2) is 0 Å². The average molecular weight is 323 g/mol. The lowest BCUT2D eigenvalue weighted by Crippen LogP contribution is -2.43. The lowest BCUT2D eigenvalue weighted by molar-refractivity contribution is 0.0431. The molecule has 0 spiro atoms. The topological polar surface area (TPSA) is 65.1 Å². The number of carbonyl (C=O) groups is 2. The van der Waals surface area contributed by atoms with Gasteiger partial charge in [-0.1, -0.05) is 6.07 Å². The Bertz CT molecular complexity index is 541. The third-order valence-electron chi connectivity index (χ3n) is 2.46. The zero-order valence-electron chi connectivity index (χ0n) is 14.8. The lowest BCUT2D eigenvalue weighted by atomic mass is 10.2. The number of hydrogen-bond donors (Lipinski definition) is 0. The van der Waals surface area contributed by atoms with E-state index in [1.165, 1.54) is 7.11 Å². The zero-order valence-corrected chi connectivity index (χ0v) is 14.8. The van der Waals surface area contributed by atoms with Crippen molar-refractivity contribution in [2.75, 3.05) is 12.0 Å². The molecule has 2 amide bonds. The molecule has 23 heavy (non-hydrogen) atoms. The Labute approximate surface area is 137 Å². The first-order chi connectivity index (χ1) is 10.4. The molecule has 0 fully saturated rings. The molecule has 0 saturated heterocycles. The highest BCUT2D eigenvalue weighted by atomic mass is 16.6. The zero-order chi connectivity index (χ0) is 17.8. The molecule has 1 rings (SSSR count). The van der Waals surface area contributed by atoms with Gasteiger partial charge in [0.25, 0.3) is 0 Å². The Morgan fingerprint density at radius 1 is 0.913 bits per heavy atom. The molecule has 0 aliphatic carbocycles. The van der Waals surface area contributed by atoms with E-state index >= 15 is 0 Å². The maximum atomic E-state index is 12.4. The first-order valence-electron chi connectivity index (χ1n) is 7.33. The fraction of sp³-hybridized carbons (Fsp3) is 0.529. The van der Waals surface area contributed by atoms with E-state index < -0.39 is 23.4 Å². The molecule has 6 nitrogen and oxygen atoms in total. The summed E-state index contributed by atoms with van der Waals surface area (Å²) in [6, 6.07) is 6.56. The Balaban J connectivity index is 3.19. The number of carbonyl (C=O) groups excluding carboxylic acids is 2. The van der Waals surface area contributed by atoms with Gasteiger partial charge >= 0.3 is 12.2 Å². The summed E-state index contributed by atoms with van der Waals surface area (Å²) in [7, 11) is 1.50. The molecule has 0 aromatic heterocycles. The van der Waals surface area contributed by atoms with Crippen LogP contribution in [-0.4, -0.2) is 30.5 Å². The summed E-state index contributed by atoms with van der Waals surface area (Å²) in [6.45, 7) is 10.4. The third-order valence-corrected chi connectivity index (χ3v) is 2.46. The van der Waals surface area contributed by atoms with Crippen molar-refractivity contribution in [1.82, 2.24) is 0 Å². The molecule has 0 aliphatic heterocycles. The maximum absolute atomic E-state index is 12.4. The number of anilines is 1. The van der Waals surface area contributed by atoms with Crippen molar-refractivity contribution in [3.8, 4) is 5.75 Å². The number of nitrogens with zero attached hydrogens (tertiary/aromatic N) is 1. The minimum absolute atomic E-state index is 0.313. The number of ether oxygens (including phenoxy) is 3. The van der Waals surface area contributed by atoms with Gasteiger partial charge in [0.2, 0.25) is 0 Å². The van der Waals surface area contributed by atoms with Gasteiger partial charge in [-0.05, 0) is 53.7 Å². The van der Waals surface area contributed by atoms with E-state index in [2.05, 4.69) is 0 Å². The maximum Gasteiger partial charge on any atom is 0.424 e. The number of amides is 2. The molecule has 6 heteroatoms. The van der Waals surface area contributed by atoms with Crippen LogP contribution in [0.4, 0.5) is 15.3 Å². The average Bonchev–Trinajstić information content (AvgIpc) is 2.34. The normalized spacial score (nSPS) is 11.6. The van der Waals surface area contributed by atoms with Gasteiger partial charge in [0.1, 0.15) is 17.0 Å². The summed E-state index contributed by atoms with van der Waals surface area (Å²) in [4.78, 5) is 25.8. The van der Waals surface area contributed by atoms with E-state index in [4.69, 9.17) is 14.2 Å². The molecular weight excluding hydrogens is 298 g/mol. The number of hydrogen-bond acceptors (Lipinski definition) is 5. The van der Waals surface area contributed by atoms with Crippen LogP contribution >= 0.6 is 0 Å². The summed E-state index contributed by atoms with van der Waals surface area (Å²) in [5, 5.41) is 0. The van der Waals surface area contributed by atoms with E-state index in [9.17, 15) is 9.59 Å². The van der Waals surface area contributed by atoms with E-state index in [-0.39, 0.29) is 0 Å². The fourth-order valence-electron chi connectivity index (χ4n) is 1.65. The predicted molar refractivity (Wildman–Crippen MR) is 87.9 cm³/mol. The van der Waals surface area contributed by atoms with E-state index in [1.54, 1.807) is 65.8 Å². The minimum atomic E-state index is -0.806. The van der Waals surface area contributed by atoms with Crippen LogP contribution in [0.5, 0.6) is 5.75 Å². The molecule has 0 saturated carbocycles. The molecule has 0 aliphatic rings. The van der Waals surface area contributed by atoms with Gasteiger partial charge in [0.05, 0.1) is 12.8 Å². The summed E-state index contributed by atoms with van der Waals surface area (Å²) in [5.41, 5.74) is -1.17. The highest BCUT2D eigenvalue weighted by Crippen LogP contribution is 2.25. The fourth-order valence-corrected chi connectivity index (χ4v) is 1.65. The van der Waals surface area contributed by atoms with Gasteiger partial charge in [-0.15, -0.1) is 0 Å². The van der Waals surface area contributed by atoms with Crippen molar-refractivity contribution in [2.24, 2.45) is 0 Å². The molecule has 1 aromatic rings. The molecule has 0 heterocycles. The van der Waals surface area contributed by atoms with Crippen LogP contribution in [0.1, 0.15) is 41.5 Å². The van der Waals surface area contributed by atoms with Crippen molar-refractivity contribution >= 4 is 17.9 Å². The van der Waals surface area contributed by atoms with Crippen molar-refractivity contribution in [3.05, 3.63) is 24.3 Å². The summed E-state index contributed by atoms with van der Waals surface area (Å²) in [5.74, 6) is 0.514. The van der Waals surface area contributed by atoms with Gasteiger partial charge < -0.3 is 14.2 Å². The SMILES string of the molecule is COc1cccc(N(C(=O)OC(C)(C)C)C(=O)OC(C)(C)C)c1. The Morgan fingerprint density at radius 3 is 1.78 bits per heavy atom. The predicted octanol–water partition coefficient (Wildman–Crippen LogP) is 4.37. The Kier molecular flexibility index (Phi) is 5.64. The second kappa shape index (κ2) is 6.89. The van der Waals surface area contributed by atoms with Crippen LogP contribution in [0.15, 0.2) is 24.3 Å². The van der Waals surface area contributed by atoms with Crippen molar-refractivity contribution < 1.29 is 23.8 Å². The number of benzene rings is 1. The molecule has 0 N–H and O–H groups in total. The van der Waals surface area contributed by atoms with Crippen LogP contribution < -0.4 is 9.64 Å². The van der Waals surface area contributed by atoms with E-state index in [0.717, 1.165) is 4.90 Å². The van der Waals surface area contributed by atoms with Gasteiger partial charge in [-0.25, -0.2) is 9.59 Å². The Hall–Kier alpha value is -2.24. The van der Waals surface area contributed by atoms with E-state index in [0.29, 0.717) is 11.4 Å². The number of imide groups is 1. The van der Waals surface area contributed by atoms with Gasteiger partial charge in [-0.2, -0.15) is 4.90 Å². The van der Waals surface area contributed by atoms with Crippen molar-refractivity contribution in [3.63, 3.8) is 0 Å². The standard InChI is InChI=1S/C17H25NO5/c1-16(2,3)22-14(19)18(15(20)23-17(4,5)6)12-9-8-10-13(11-12)21-7/h8-11H,1-7H3. The summed E-state index contributed by atoms with van der Waals surface area (Å²) < 4.78 is 15.8. The third kappa shape index (κ3) is 6.18. The quantitative estimate of drug-likeness (QED) is 0.808. The van der Waals surface area contributed by atoms with Gasteiger partial charge in [-0.3, -0.25) is 0 Å². The smallest absolute Gasteiger partial charge is 0.424 e. The molecule has 0 atom stereocenters. The second-order valence-corrected chi connectivity index (χ2v) is 7.00. The van der Waals surface area contributed by atoms with E-state index in [1.807, 2.05) is 0 Å².